The Labute approximate surface area is 114 Å². The molecule has 3 N–H and O–H groups in total. The first-order valence-corrected chi connectivity index (χ1v) is 6.83. The van der Waals surface area contributed by atoms with Gasteiger partial charge >= 0.3 is 0 Å². The maximum atomic E-state index is 5.01. The molecular formula is C13H23N5O. The zero-order valence-corrected chi connectivity index (χ0v) is 11.7. The normalized spacial score (nSPS) is 18.5. The summed E-state index contributed by atoms with van der Waals surface area (Å²) in [5.41, 5.74) is 0. The van der Waals surface area contributed by atoms with Gasteiger partial charge in [0.25, 0.3) is 0 Å². The molecule has 0 amide bonds. The van der Waals surface area contributed by atoms with Gasteiger partial charge in [-0.05, 0) is 26.3 Å². The van der Waals surface area contributed by atoms with E-state index in [-0.39, 0.29) is 0 Å². The van der Waals surface area contributed by atoms with Gasteiger partial charge in [0, 0.05) is 32.3 Å². The van der Waals surface area contributed by atoms with E-state index in [1.165, 1.54) is 12.8 Å². The highest BCUT2D eigenvalue weighted by molar-refractivity contribution is 5.47. The van der Waals surface area contributed by atoms with Gasteiger partial charge in [-0.1, -0.05) is 0 Å². The van der Waals surface area contributed by atoms with Crippen LogP contribution in [0.3, 0.4) is 0 Å². The lowest BCUT2D eigenvalue weighted by atomic mass is 10.2. The van der Waals surface area contributed by atoms with Crippen LogP contribution in [-0.4, -0.2) is 49.4 Å². The lowest BCUT2D eigenvalue weighted by Gasteiger charge is -2.13. The molecule has 1 aliphatic heterocycles. The Hall–Kier alpha value is -1.40. The number of aryl methyl sites for hydroxylation is 1. The van der Waals surface area contributed by atoms with Crippen molar-refractivity contribution in [2.75, 3.05) is 44.0 Å². The highest BCUT2D eigenvalue weighted by Crippen LogP contribution is 2.12. The van der Waals surface area contributed by atoms with E-state index in [0.717, 1.165) is 37.1 Å². The molecule has 1 unspecified atom stereocenters. The fourth-order valence-electron chi connectivity index (χ4n) is 2.19. The van der Waals surface area contributed by atoms with Crippen molar-refractivity contribution in [2.45, 2.75) is 25.8 Å². The first-order chi connectivity index (χ1) is 9.28. The lowest BCUT2D eigenvalue weighted by Crippen LogP contribution is -2.29. The largest absolute Gasteiger partial charge is 0.383 e. The molecule has 0 spiro atoms. The summed E-state index contributed by atoms with van der Waals surface area (Å²) < 4.78 is 5.01. The molecule has 1 saturated heterocycles. The summed E-state index contributed by atoms with van der Waals surface area (Å²) in [6.45, 7) is 5.35. The summed E-state index contributed by atoms with van der Waals surface area (Å²) in [5.74, 6) is 2.48. The van der Waals surface area contributed by atoms with Crippen LogP contribution in [0.1, 0.15) is 18.7 Å². The van der Waals surface area contributed by atoms with Gasteiger partial charge in [0.2, 0.25) is 0 Å². The topological polar surface area (TPSA) is 71.1 Å². The number of hydrogen-bond acceptors (Lipinski definition) is 6. The van der Waals surface area contributed by atoms with Gasteiger partial charge in [-0.25, -0.2) is 9.97 Å². The van der Waals surface area contributed by atoms with E-state index >= 15 is 0 Å². The minimum atomic E-state index is 0.556. The van der Waals surface area contributed by atoms with E-state index in [0.29, 0.717) is 12.6 Å². The van der Waals surface area contributed by atoms with Crippen molar-refractivity contribution in [3.8, 4) is 0 Å². The van der Waals surface area contributed by atoms with Crippen molar-refractivity contribution in [3.63, 3.8) is 0 Å². The molecule has 1 atom stereocenters. The number of nitrogens with zero attached hydrogens (tertiary/aromatic N) is 2. The molecule has 2 heterocycles. The Morgan fingerprint density at radius 3 is 2.84 bits per heavy atom. The average molecular weight is 265 g/mol. The quantitative estimate of drug-likeness (QED) is 0.639. The summed E-state index contributed by atoms with van der Waals surface area (Å²) in [4.78, 5) is 8.75. The van der Waals surface area contributed by atoms with Gasteiger partial charge in [-0.15, -0.1) is 0 Å². The van der Waals surface area contributed by atoms with E-state index in [9.17, 15) is 0 Å². The number of rotatable bonds is 7. The molecule has 106 valence electrons. The van der Waals surface area contributed by atoms with Crippen LogP contribution >= 0.6 is 0 Å². The summed E-state index contributed by atoms with van der Waals surface area (Å²) in [5, 5.41) is 10.1. The molecular weight excluding hydrogens is 242 g/mol. The number of nitrogens with one attached hydrogen (secondary N) is 3. The van der Waals surface area contributed by atoms with Crippen molar-refractivity contribution >= 4 is 11.6 Å². The minimum Gasteiger partial charge on any atom is -0.383 e. The van der Waals surface area contributed by atoms with Gasteiger partial charge in [-0.2, -0.15) is 0 Å². The monoisotopic (exact) mass is 265 g/mol. The van der Waals surface area contributed by atoms with Crippen molar-refractivity contribution in [1.29, 1.82) is 0 Å². The molecule has 1 fully saturated rings. The molecule has 0 aliphatic carbocycles. The molecule has 19 heavy (non-hydrogen) atoms. The Kier molecular flexibility index (Phi) is 5.35. The second-order valence-corrected chi connectivity index (χ2v) is 4.78. The van der Waals surface area contributed by atoms with Gasteiger partial charge in [0.1, 0.15) is 17.5 Å². The maximum Gasteiger partial charge on any atom is 0.131 e. The fourth-order valence-corrected chi connectivity index (χ4v) is 2.19. The van der Waals surface area contributed by atoms with Crippen LogP contribution < -0.4 is 16.0 Å². The van der Waals surface area contributed by atoms with Crippen LogP contribution in [0, 0.1) is 6.92 Å². The van der Waals surface area contributed by atoms with Crippen LogP contribution in [0.2, 0.25) is 0 Å². The van der Waals surface area contributed by atoms with Crippen molar-refractivity contribution < 1.29 is 4.74 Å². The summed E-state index contributed by atoms with van der Waals surface area (Å²) >= 11 is 0. The predicted octanol–water partition coefficient (Wildman–Crippen LogP) is 1.01. The molecule has 0 saturated carbocycles. The van der Waals surface area contributed by atoms with Gasteiger partial charge in [-0.3, -0.25) is 0 Å². The summed E-state index contributed by atoms with van der Waals surface area (Å²) in [6.07, 6.45) is 2.50. The third kappa shape index (κ3) is 4.65. The van der Waals surface area contributed by atoms with Crippen LogP contribution in [0.5, 0.6) is 0 Å². The van der Waals surface area contributed by atoms with E-state index in [2.05, 4.69) is 25.9 Å². The number of ether oxygens (including phenoxy) is 1. The minimum absolute atomic E-state index is 0.556. The standard InChI is InChI=1S/C13H23N5O/c1-10-17-12(15-6-7-19-2)8-13(18-10)16-9-11-4-3-5-14-11/h8,11,14H,3-7,9H2,1-2H3,(H2,15,16,17,18). The SMILES string of the molecule is COCCNc1cc(NCC2CCCN2)nc(C)n1. The average Bonchev–Trinajstić information content (AvgIpc) is 2.89. The third-order valence-corrected chi connectivity index (χ3v) is 3.14. The maximum absolute atomic E-state index is 5.01. The number of hydrogen-bond donors (Lipinski definition) is 3. The van der Waals surface area contributed by atoms with E-state index in [1.54, 1.807) is 7.11 Å². The number of anilines is 2. The summed E-state index contributed by atoms with van der Waals surface area (Å²) in [6, 6.07) is 2.50. The highest BCUT2D eigenvalue weighted by atomic mass is 16.5. The van der Waals surface area contributed by atoms with Gasteiger partial charge < -0.3 is 20.7 Å². The molecule has 6 heteroatoms. The van der Waals surface area contributed by atoms with Crippen LogP contribution in [0.15, 0.2) is 6.07 Å². The Morgan fingerprint density at radius 1 is 1.37 bits per heavy atom. The smallest absolute Gasteiger partial charge is 0.131 e. The van der Waals surface area contributed by atoms with Crippen LogP contribution in [0.4, 0.5) is 11.6 Å². The molecule has 0 radical (unpaired) electrons. The summed E-state index contributed by atoms with van der Waals surface area (Å²) in [7, 11) is 1.69. The van der Waals surface area contributed by atoms with Crippen molar-refractivity contribution in [1.82, 2.24) is 15.3 Å². The van der Waals surface area contributed by atoms with Crippen molar-refractivity contribution in [3.05, 3.63) is 11.9 Å². The Morgan fingerprint density at radius 2 is 2.16 bits per heavy atom. The zero-order chi connectivity index (χ0) is 13.5. The molecule has 0 bridgehead atoms. The van der Waals surface area contributed by atoms with Crippen LogP contribution in [0.25, 0.3) is 0 Å². The zero-order valence-electron chi connectivity index (χ0n) is 11.7. The first kappa shape index (κ1) is 14.0. The second-order valence-electron chi connectivity index (χ2n) is 4.78. The predicted molar refractivity (Wildman–Crippen MR) is 76.6 cm³/mol. The van der Waals surface area contributed by atoms with E-state index in [1.807, 2.05) is 13.0 Å². The molecule has 6 nitrogen and oxygen atoms in total. The number of methoxy groups -OCH3 is 1. The first-order valence-electron chi connectivity index (χ1n) is 6.83. The molecule has 1 aromatic rings. The highest BCUT2D eigenvalue weighted by Gasteiger charge is 2.13. The van der Waals surface area contributed by atoms with Gasteiger partial charge in [0.05, 0.1) is 6.61 Å². The van der Waals surface area contributed by atoms with Gasteiger partial charge in [0.15, 0.2) is 0 Å². The molecule has 2 rings (SSSR count). The van der Waals surface area contributed by atoms with Crippen LogP contribution in [-0.2, 0) is 4.74 Å². The van der Waals surface area contributed by atoms with E-state index in [4.69, 9.17) is 4.74 Å². The van der Waals surface area contributed by atoms with E-state index < -0.39 is 0 Å². The molecule has 1 aliphatic rings. The molecule has 1 aromatic heterocycles. The third-order valence-electron chi connectivity index (χ3n) is 3.14. The lowest BCUT2D eigenvalue weighted by molar-refractivity contribution is 0.210. The fraction of sp³-hybridized carbons (Fsp3) is 0.692. The Balaban J connectivity index is 1.87. The molecule has 0 aromatic carbocycles. The second kappa shape index (κ2) is 7.25. The Bertz CT molecular complexity index is 393. The van der Waals surface area contributed by atoms with Crippen molar-refractivity contribution in [2.24, 2.45) is 0 Å². The number of aromatic nitrogens is 2.